The summed E-state index contributed by atoms with van der Waals surface area (Å²) in [6.45, 7) is 1.69. The summed E-state index contributed by atoms with van der Waals surface area (Å²) in [6, 6.07) is 6.58. The fraction of sp³-hybridized carbons (Fsp3) is 0.267. The SMILES string of the molecule is CC(=O)NC(CC(=O)NCc1ccc(C(=O)O)s1)c1cccs1. The zero-order valence-electron chi connectivity index (χ0n) is 12.4. The highest BCUT2D eigenvalue weighted by molar-refractivity contribution is 7.13. The molecule has 0 spiro atoms. The molecule has 0 saturated carbocycles. The lowest BCUT2D eigenvalue weighted by molar-refractivity contribution is -0.122. The van der Waals surface area contributed by atoms with Gasteiger partial charge in [-0.1, -0.05) is 6.07 Å². The maximum absolute atomic E-state index is 12.1. The van der Waals surface area contributed by atoms with Gasteiger partial charge >= 0.3 is 5.97 Å². The predicted molar refractivity (Wildman–Crippen MR) is 88.6 cm³/mol. The quantitative estimate of drug-likeness (QED) is 0.713. The third-order valence-corrected chi connectivity index (χ3v) is 5.05. The second kappa shape index (κ2) is 7.89. The Morgan fingerprint density at radius 3 is 2.61 bits per heavy atom. The number of thiophene rings is 2. The van der Waals surface area contributed by atoms with Crippen molar-refractivity contribution in [3.05, 3.63) is 44.3 Å². The molecule has 8 heteroatoms. The normalized spacial score (nSPS) is 11.7. The van der Waals surface area contributed by atoms with Gasteiger partial charge in [0.05, 0.1) is 19.0 Å². The van der Waals surface area contributed by atoms with Gasteiger partial charge in [0.15, 0.2) is 0 Å². The van der Waals surface area contributed by atoms with Crippen LogP contribution in [0.15, 0.2) is 29.6 Å². The van der Waals surface area contributed by atoms with E-state index in [1.165, 1.54) is 24.3 Å². The second-order valence-corrected chi connectivity index (χ2v) is 6.97. The lowest BCUT2D eigenvalue weighted by Crippen LogP contribution is -2.31. The molecule has 0 aliphatic heterocycles. The van der Waals surface area contributed by atoms with Gasteiger partial charge in [0.2, 0.25) is 11.8 Å². The highest BCUT2D eigenvalue weighted by atomic mass is 32.1. The molecule has 6 nitrogen and oxygen atoms in total. The largest absolute Gasteiger partial charge is 0.477 e. The standard InChI is InChI=1S/C15H16N2O4S2/c1-9(18)17-11(12-3-2-6-22-12)7-14(19)16-8-10-4-5-13(23-10)15(20)21/h2-6,11H,7-8H2,1H3,(H,16,19)(H,17,18)(H,20,21). The first-order valence-electron chi connectivity index (χ1n) is 6.85. The van der Waals surface area contributed by atoms with Crippen molar-refractivity contribution in [1.29, 1.82) is 0 Å². The number of rotatable bonds is 7. The molecule has 2 aromatic rings. The molecule has 0 bridgehead atoms. The zero-order valence-corrected chi connectivity index (χ0v) is 14.0. The number of carbonyl (C=O) groups is 3. The Morgan fingerprint density at radius 2 is 2.04 bits per heavy atom. The van der Waals surface area contributed by atoms with Crippen molar-refractivity contribution in [3.63, 3.8) is 0 Å². The van der Waals surface area contributed by atoms with Gasteiger partial charge in [-0.05, 0) is 23.6 Å². The van der Waals surface area contributed by atoms with E-state index in [9.17, 15) is 14.4 Å². The number of carboxylic acids is 1. The van der Waals surface area contributed by atoms with Gasteiger partial charge in [-0.2, -0.15) is 0 Å². The summed E-state index contributed by atoms with van der Waals surface area (Å²) >= 11 is 2.61. The molecule has 1 unspecified atom stereocenters. The van der Waals surface area contributed by atoms with Crippen LogP contribution in [0.3, 0.4) is 0 Å². The smallest absolute Gasteiger partial charge is 0.345 e. The number of amides is 2. The lowest BCUT2D eigenvalue weighted by atomic mass is 10.1. The molecule has 0 radical (unpaired) electrons. The molecule has 2 aromatic heterocycles. The number of hydrogen-bond donors (Lipinski definition) is 3. The number of carbonyl (C=O) groups excluding carboxylic acids is 2. The van der Waals surface area contributed by atoms with Crippen molar-refractivity contribution in [1.82, 2.24) is 10.6 Å². The van der Waals surface area contributed by atoms with Crippen molar-refractivity contribution in [3.8, 4) is 0 Å². The van der Waals surface area contributed by atoms with Crippen molar-refractivity contribution in [2.75, 3.05) is 0 Å². The van der Waals surface area contributed by atoms with Crippen LogP contribution in [-0.4, -0.2) is 22.9 Å². The molecular formula is C15H16N2O4S2. The van der Waals surface area contributed by atoms with Crippen LogP contribution in [0.1, 0.15) is 38.8 Å². The molecule has 2 rings (SSSR count). The van der Waals surface area contributed by atoms with Crippen molar-refractivity contribution in [2.24, 2.45) is 0 Å². The molecule has 0 saturated heterocycles. The van der Waals surface area contributed by atoms with Crippen LogP contribution in [0.4, 0.5) is 0 Å². The summed E-state index contributed by atoms with van der Waals surface area (Å²) in [5, 5.41) is 16.3. The van der Waals surface area contributed by atoms with E-state index in [0.717, 1.165) is 21.1 Å². The van der Waals surface area contributed by atoms with Gasteiger partial charge in [-0.15, -0.1) is 22.7 Å². The fourth-order valence-electron chi connectivity index (χ4n) is 1.99. The van der Waals surface area contributed by atoms with Crippen molar-refractivity contribution in [2.45, 2.75) is 25.9 Å². The monoisotopic (exact) mass is 352 g/mol. The Bertz CT molecular complexity index is 694. The maximum Gasteiger partial charge on any atom is 0.345 e. The lowest BCUT2D eigenvalue weighted by Gasteiger charge is -2.16. The molecular weight excluding hydrogens is 336 g/mol. The van der Waals surface area contributed by atoms with Crippen LogP contribution in [0.2, 0.25) is 0 Å². The van der Waals surface area contributed by atoms with Crippen LogP contribution >= 0.6 is 22.7 Å². The Morgan fingerprint density at radius 1 is 1.26 bits per heavy atom. The highest BCUT2D eigenvalue weighted by Gasteiger charge is 2.18. The summed E-state index contributed by atoms with van der Waals surface area (Å²) < 4.78 is 0. The fourth-order valence-corrected chi connectivity index (χ4v) is 3.55. The molecule has 0 aliphatic rings. The zero-order chi connectivity index (χ0) is 16.8. The van der Waals surface area contributed by atoms with E-state index in [0.29, 0.717) is 0 Å². The van der Waals surface area contributed by atoms with Crippen LogP contribution in [0.5, 0.6) is 0 Å². The second-order valence-electron chi connectivity index (χ2n) is 4.82. The number of aromatic carboxylic acids is 1. The minimum absolute atomic E-state index is 0.136. The van der Waals surface area contributed by atoms with Crippen LogP contribution in [0.25, 0.3) is 0 Å². The minimum atomic E-state index is -0.976. The molecule has 0 aromatic carbocycles. The third-order valence-electron chi connectivity index (χ3n) is 2.99. The van der Waals surface area contributed by atoms with Crippen molar-refractivity contribution < 1.29 is 19.5 Å². The van der Waals surface area contributed by atoms with Gasteiger partial charge in [0.1, 0.15) is 4.88 Å². The molecule has 0 aliphatic carbocycles. The summed E-state index contributed by atoms with van der Waals surface area (Å²) in [6.07, 6.45) is 0.136. The number of carboxylic acid groups (broad SMARTS) is 1. The van der Waals surface area contributed by atoms with E-state index in [1.54, 1.807) is 6.07 Å². The van der Waals surface area contributed by atoms with Crippen molar-refractivity contribution >= 4 is 40.5 Å². The summed E-state index contributed by atoms with van der Waals surface area (Å²) in [5.74, 6) is -1.38. The van der Waals surface area contributed by atoms with Crippen LogP contribution in [-0.2, 0) is 16.1 Å². The third kappa shape index (κ3) is 5.19. The topological polar surface area (TPSA) is 95.5 Å². The van der Waals surface area contributed by atoms with Gasteiger partial charge in [0.25, 0.3) is 0 Å². The maximum atomic E-state index is 12.1. The van der Waals surface area contributed by atoms with Gasteiger partial charge in [-0.25, -0.2) is 4.79 Å². The molecule has 23 heavy (non-hydrogen) atoms. The molecule has 3 N–H and O–H groups in total. The Balaban J connectivity index is 1.91. The van der Waals surface area contributed by atoms with Gasteiger partial charge in [0, 0.05) is 16.7 Å². The summed E-state index contributed by atoms with van der Waals surface area (Å²) in [4.78, 5) is 36.1. The minimum Gasteiger partial charge on any atom is -0.477 e. The van der Waals surface area contributed by atoms with E-state index in [4.69, 9.17) is 5.11 Å². The number of hydrogen-bond acceptors (Lipinski definition) is 5. The van der Waals surface area contributed by atoms with E-state index in [2.05, 4.69) is 10.6 Å². The van der Waals surface area contributed by atoms with Crippen LogP contribution in [0, 0.1) is 0 Å². The van der Waals surface area contributed by atoms with Crippen LogP contribution < -0.4 is 10.6 Å². The van der Waals surface area contributed by atoms with Gasteiger partial charge in [-0.3, -0.25) is 9.59 Å². The Labute approximate surface area is 141 Å². The number of nitrogens with one attached hydrogen (secondary N) is 2. The summed E-state index contributed by atoms with van der Waals surface area (Å²) in [7, 11) is 0. The first-order chi connectivity index (χ1) is 11.0. The molecule has 122 valence electrons. The first kappa shape index (κ1) is 17.2. The Kier molecular flexibility index (Phi) is 5.89. The molecule has 0 fully saturated rings. The molecule has 1 atom stereocenters. The first-order valence-corrected chi connectivity index (χ1v) is 8.54. The molecule has 2 amide bonds. The average Bonchev–Trinajstić information content (AvgIpc) is 3.15. The van der Waals surface area contributed by atoms with Gasteiger partial charge < -0.3 is 15.7 Å². The highest BCUT2D eigenvalue weighted by Crippen LogP contribution is 2.22. The van der Waals surface area contributed by atoms with E-state index in [1.807, 2.05) is 17.5 Å². The van der Waals surface area contributed by atoms with E-state index in [-0.39, 0.29) is 35.7 Å². The van der Waals surface area contributed by atoms with E-state index < -0.39 is 5.97 Å². The predicted octanol–water partition coefficient (Wildman–Crippen LogP) is 2.39. The summed E-state index contributed by atoms with van der Waals surface area (Å²) in [5.41, 5.74) is 0. The Hall–Kier alpha value is -2.19. The average molecular weight is 352 g/mol. The van der Waals surface area contributed by atoms with E-state index >= 15 is 0 Å². The molecule has 2 heterocycles.